The van der Waals surface area contributed by atoms with Crippen LogP contribution in [0.1, 0.15) is 10.4 Å². The number of ketones is 1. The van der Waals surface area contributed by atoms with Gasteiger partial charge in [-0.05, 0) is 12.1 Å². The van der Waals surface area contributed by atoms with Crippen LogP contribution < -0.4 is 21.3 Å². The van der Waals surface area contributed by atoms with Crippen molar-refractivity contribution < 1.29 is 13.2 Å². The number of carbonyl (C=O) groups excluding carboxylic acids is 1. The number of aromatic nitrogens is 3. The van der Waals surface area contributed by atoms with E-state index in [0.717, 1.165) is 24.8 Å². The zero-order valence-electron chi connectivity index (χ0n) is 15.5. The number of Topliss-reactive ketones (excluding diaryl/α,β-unsaturated/α-hetero) is 1. The molecule has 0 atom stereocenters. The molecule has 2 heterocycles. The number of nitrogens with two attached hydrogens (primary N) is 1. The Labute approximate surface area is 169 Å². The van der Waals surface area contributed by atoms with Crippen LogP contribution in [0.4, 0.5) is 10.9 Å². The first-order valence-corrected chi connectivity index (χ1v) is 10.5. The summed E-state index contributed by atoms with van der Waals surface area (Å²) in [5.41, 5.74) is 3.76. The van der Waals surface area contributed by atoms with Gasteiger partial charge in [0.05, 0.1) is 4.90 Å². The van der Waals surface area contributed by atoms with E-state index in [9.17, 15) is 22.8 Å². The summed E-state index contributed by atoms with van der Waals surface area (Å²) in [6, 6.07) is 7.54. The quantitative estimate of drug-likeness (QED) is 0.546. The Bertz CT molecular complexity index is 1280. The normalized spacial score (nSPS) is 11.4. The Hall–Kier alpha value is -3.25. The maximum absolute atomic E-state index is 13.1. The lowest BCUT2D eigenvalue weighted by atomic mass is 10.2. The third kappa shape index (κ3) is 3.59. The lowest BCUT2D eigenvalue weighted by molar-refractivity contribution is 0.100. The van der Waals surface area contributed by atoms with E-state index < -0.39 is 39.2 Å². The maximum atomic E-state index is 13.1. The molecule has 0 spiro atoms. The highest BCUT2D eigenvalue weighted by Gasteiger charge is 2.31. The van der Waals surface area contributed by atoms with Gasteiger partial charge < -0.3 is 5.73 Å². The predicted octanol–water partition coefficient (Wildman–Crippen LogP) is 0.201. The Balaban J connectivity index is 2.11. The van der Waals surface area contributed by atoms with Crippen LogP contribution in [0, 0.1) is 0 Å². The summed E-state index contributed by atoms with van der Waals surface area (Å²) in [6.45, 7) is -0.706. The Morgan fingerprint density at radius 1 is 1.17 bits per heavy atom. The Morgan fingerprint density at radius 3 is 2.41 bits per heavy atom. The van der Waals surface area contributed by atoms with E-state index in [1.165, 1.54) is 32.4 Å². The van der Waals surface area contributed by atoms with Crippen molar-refractivity contribution in [2.75, 3.05) is 16.6 Å². The Kier molecular flexibility index (Phi) is 5.40. The minimum Gasteiger partial charge on any atom is -0.384 e. The van der Waals surface area contributed by atoms with Gasteiger partial charge in [-0.1, -0.05) is 18.2 Å². The summed E-state index contributed by atoms with van der Waals surface area (Å²) >= 11 is 1.02. The fourth-order valence-corrected chi connectivity index (χ4v) is 4.91. The van der Waals surface area contributed by atoms with Crippen molar-refractivity contribution in [3.63, 3.8) is 0 Å². The number of benzene rings is 1. The second kappa shape index (κ2) is 7.64. The van der Waals surface area contributed by atoms with Gasteiger partial charge >= 0.3 is 5.69 Å². The average molecular weight is 435 g/mol. The molecule has 0 bridgehead atoms. The SMILES string of the molecule is Cn1c(N)c(C(=O)CN(c2nccs2)S(=O)(=O)c2ccccc2)c(=O)n(C)c1=O. The molecular weight excluding hydrogens is 418 g/mol. The van der Waals surface area contributed by atoms with Crippen LogP contribution in [0.2, 0.25) is 0 Å². The summed E-state index contributed by atoms with van der Waals surface area (Å²) in [6.07, 6.45) is 1.40. The number of nitrogen functional groups attached to an aromatic ring is 1. The molecule has 0 radical (unpaired) electrons. The van der Waals surface area contributed by atoms with Gasteiger partial charge in [0.1, 0.15) is 17.9 Å². The number of anilines is 2. The number of thiazole rings is 1. The summed E-state index contributed by atoms with van der Waals surface area (Å²) in [5.74, 6) is -1.19. The first-order valence-electron chi connectivity index (χ1n) is 8.22. The number of rotatable bonds is 6. The van der Waals surface area contributed by atoms with Crippen molar-refractivity contribution in [3.8, 4) is 0 Å². The van der Waals surface area contributed by atoms with Gasteiger partial charge in [0, 0.05) is 25.7 Å². The average Bonchev–Trinajstić information content (AvgIpc) is 3.24. The van der Waals surface area contributed by atoms with Crippen LogP contribution in [-0.2, 0) is 24.1 Å². The molecule has 0 fully saturated rings. The molecule has 2 aromatic heterocycles. The third-order valence-corrected chi connectivity index (χ3v) is 6.90. The van der Waals surface area contributed by atoms with E-state index in [-0.39, 0.29) is 15.8 Å². The largest absolute Gasteiger partial charge is 0.384 e. The zero-order chi connectivity index (χ0) is 21.3. The molecule has 3 rings (SSSR count). The highest BCUT2D eigenvalue weighted by Crippen LogP contribution is 2.26. The van der Waals surface area contributed by atoms with Gasteiger partial charge in [0.15, 0.2) is 10.9 Å². The van der Waals surface area contributed by atoms with E-state index >= 15 is 0 Å². The van der Waals surface area contributed by atoms with Crippen molar-refractivity contribution in [1.82, 2.24) is 14.1 Å². The lowest BCUT2D eigenvalue weighted by Gasteiger charge is -2.21. The number of hydrogen-bond donors (Lipinski definition) is 1. The second-order valence-electron chi connectivity index (χ2n) is 6.03. The number of nitrogens with zero attached hydrogens (tertiary/aromatic N) is 4. The van der Waals surface area contributed by atoms with Gasteiger partial charge in [-0.3, -0.25) is 18.7 Å². The van der Waals surface area contributed by atoms with Crippen LogP contribution >= 0.6 is 11.3 Å². The van der Waals surface area contributed by atoms with Gasteiger partial charge in [-0.15, -0.1) is 11.3 Å². The van der Waals surface area contributed by atoms with Gasteiger partial charge in [-0.2, -0.15) is 0 Å². The molecule has 0 saturated heterocycles. The number of sulfonamides is 1. The zero-order valence-corrected chi connectivity index (χ0v) is 17.1. The minimum atomic E-state index is -4.14. The summed E-state index contributed by atoms with van der Waals surface area (Å²) < 4.78 is 28.8. The molecule has 0 amide bonds. The summed E-state index contributed by atoms with van der Waals surface area (Å²) in [4.78, 5) is 41.3. The van der Waals surface area contributed by atoms with Gasteiger partial charge in [0.2, 0.25) is 0 Å². The van der Waals surface area contributed by atoms with Crippen LogP contribution in [0.25, 0.3) is 0 Å². The fourth-order valence-electron chi connectivity index (χ4n) is 2.65. The molecule has 12 heteroatoms. The standard InChI is InChI=1S/C17H17N5O5S2/c1-20-14(18)13(15(24)21(2)17(20)25)12(23)10-22(16-19-8-9-28-16)29(26,27)11-6-4-3-5-7-11/h3-9H,10,18H2,1-2H3. The van der Waals surface area contributed by atoms with Gasteiger partial charge in [0.25, 0.3) is 15.6 Å². The number of hydrogen-bond acceptors (Lipinski definition) is 8. The molecule has 10 nitrogen and oxygen atoms in total. The van der Waals surface area contributed by atoms with Crippen molar-refractivity contribution >= 4 is 38.1 Å². The highest BCUT2D eigenvalue weighted by atomic mass is 32.2. The molecule has 2 N–H and O–H groups in total. The highest BCUT2D eigenvalue weighted by molar-refractivity contribution is 7.93. The fraction of sp³-hybridized carbons (Fsp3) is 0.176. The monoisotopic (exact) mass is 435 g/mol. The first-order chi connectivity index (χ1) is 13.7. The van der Waals surface area contributed by atoms with E-state index in [1.54, 1.807) is 23.6 Å². The second-order valence-corrected chi connectivity index (χ2v) is 8.76. The van der Waals surface area contributed by atoms with E-state index in [4.69, 9.17) is 5.73 Å². The number of carbonyl (C=O) groups is 1. The van der Waals surface area contributed by atoms with Crippen molar-refractivity contribution in [2.24, 2.45) is 14.1 Å². The lowest BCUT2D eigenvalue weighted by Crippen LogP contribution is -2.44. The van der Waals surface area contributed by atoms with E-state index in [0.29, 0.717) is 0 Å². The third-order valence-electron chi connectivity index (χ3n) is 4.24. The van der Waals surface area contributed by atoms with E-state index in [2.05, 4.69) is 4.98 Å². The maximum Gasteiger partial charge on any atom is 0.332 e. The molecule has 0 aliphatic rings. The Morgan fingerprint density at radius 2 is 1.83 bits per heavy atom. The van der Waals surface area contributed by atoms with E-state index in [1.807, 2.05) is 0 Å². The smallest absolute Gasteiger partial charge is 0.332 e. The molecule has 0 aliphatic heterocycles. The first kappa shape index (κ1) is 20.5. The van der Waals surface area contributed by atoms with Crippen molar-refractivity contribution in [2.45, 2.75) is 4.90 Å². The minimum absolute atomic E-state index is 0.0377. The van der Waals surface area contributed by atoms with Crippen LogP contribution in [-0.4, -0.2) is 34.9 Å². The molecule has 29 heavy (non-hydrogen) atoms. The molecule has 3 aromatic rings. The van der Waals surface area contributed by atoms with Crippen LogP contribution in [0.3, 0.4) is 0 Å². The predicted molar refractivity (Wildman–Crippen MR) is 109 cm³/mol. The molecule has 0 aliphatic carbocycles. The van der Waals surface area contributed by atoms with Gasteiger partial charge in [-0.25, -0.2) is 22.5 Å². The van der Waals surface area contributed by atoms with Crippen molar-refractivity contribution in [1.29, 1.82) is 0 Å². The topological polar surface area (TPSA) is 137 Å². The summed E-state index contributed by atoms with van der Waals surface area (Å²) in [7, 11) is -1.62. The van der Waals surface area contributed by atoms with Crippen molar-refractivity contribution in [3.05, 3.63) is 68.3 Å². The molecular formula is C17H17N5O5S2. The van der Waals surface area contributed by atoms with Crippen LogP contribution in [0.15, 0.2) is 56.4 Å². The molecule has 0 unspecified atom stereocenters. The molecule has 152 valence electrons. The molecule has 0 saturated carbocycles. The molecule has 1 aromatic carbocycles. The summed E-state index contributed by atoms with van der Waals surface area (Å²) in [5, 5.41) is 1.62. The van der Waals surface area contributed by atoms with Crippen LogP contribution in [0.5, 0.6) is 0 Å².